The highest BCUT2D eigenvalue weighted by Gasteiger charge is 2.14. The molecule has 0 aliphatic carbocycles. The molecular formula is C12H17Br. The molecule has 0 nitrogen and oxygen atoms in total. The maximum Gasteiger partial charge on any atom is 0.0367 e. The molecule has 0 radical (unpaired) electrons. The van der Waals surface area contributed by atoms with E-state index in [9.17, 15) is 0 Å². The summed E-state index contributed by atoms with van der Waals surface area (Å²) in [5, 5.41) is 0. The van der Waals surface area contributed by atoms with E-state index in [4.69, 9.17) is 0 Å². The van der Waals surface area contributed by atoms with E-state index >= 15 is 0 Å². The lowest BCUT2D eigenvalue weighted by Crippen LogP contribution is -2.11. The minimum atomic E-state index is 0.248. The molecule has 0 heterocycles. The lowest BCUT2D eigenvalue weighted by atomic mass is 9.86. The van der Waals surface area contributed by atoms with Crippen molar-refractivity contribution in [3.05, 3.63) is 35.4 Å². The van der Waals surface area contributed by atoms with Crippen LogP contribution in [0.1, 0.15) is 43.6 Å². The molecule has 0 fully saturated rings. The molecule has 0 bridgehead atoms. The van der Waals surface area contributed by atoms with Crippen LogP contribution in [-0.2, 0) is 5.41 Å². The Morgan fingerprint density at radius 3 is 2.31 bits per heavy atom. The fourth-order valence-electron chi connectivity index (χ4n) is 1.25. The van der Waals surface area contributed by atoms with Gasteiger partial charge in [-0.3, -0.25) is 0 Å². The first-order valence-electron chi connectivity index (χ1n) is 4.66. The Morgan fingerprint density at radius 1 is 1.23 bits per heavy atom. The van der Waals surface area contributed by atoms with Crippen LogP contribution < -0.4 is 0 Å². The molecule has 0 saturated heterocycles. The Morgan fingerprint density at radius 2 is 1.85 bits per heavy atom. The first kappa shape index (κ1) is 10.8. The van der Waals surface area contributed by atoms with Gasteiger partial charge in [0.15, 0.2) is 0 Å². The van der Waals surface area contributed by atoms with E-state index in [0.717, 1.165) is 0 Å². The van der Waals surface area contributed by atoms with Crippen LogP contribution in [0.2, 0.25) is 0 Å². The Bertz CT molecular complexity index is 281. The molecule has 1 aromatic carbocycles. The molecule has 1 aromatic rings. The van der Waals surface area contributed by atoms with Crippen molar-refractivity contribution in [2.24, 2.45) is 0 Å². The van der Waals surface area contributed by atoms with Gasteiger partial charge in [0.2, 0.25) is 0 Å². The third kappa shape index (κ3) is 2.84. The van der Waals surface area contributed by atoms with Crippen LogP contribution in [-0.4, -0.2) is 0 Å². The van der Waals surface area contributed by atoms with E-state index in [0.29, 0.717) is 4.83 Å². The zero-order valence-corrected chi connectivity index (χ0v) is 10.4. The zero-order valence-electron chi connectivity index (χ0n) is 8.76. The van der Waals surface area contributed by atoms with E-state index in [-0.39, 0.29) is 5.41 Å². The van der Waals surface area contributed by atoms with Gasteiger partial charge in [0.05, 0.1) is 0 Å². The van der Waals surface area contributed by atoms with E-state index < -0.39 is 0 Å². The minimum absolute atomic E-state index is 0.248. The molecule has 1 unspecified atom stereocenters. The lowest BCUT2D eigenvalue weighted by Gasteiger charge is -2.20. The van der Waals surface area contributed by atoms with Crippen LogP contribution in [0.3, 0.4) is 0 Å². The van der Waals surface area contributed by atoms with Gasteiger partial charge in [0.1, 0.15) is 0 Å². The summed E-state index contributed by atoms with van der Waals surface area (Å²) in [7, 11) is 0. The summed E-state index contributed by atoms with van der Waals surface area (Å²) in [6, 6.07) is 8.76. The molecule has 0 spiro atoms. The van der Waals surface area contributed by atoms with E-state index in [1.54, 1.807) is 0 Å². The van der Waals surface area contributed by atoms with Crippen LogP contribution in [0.25, 0.3) is 0 Å². The molecule has 0 saturated carbocycles. The second kappa shape index (κ2) is 3.83. The van der Waals surface area contributed by atoms with Gasteiger partial charge >= 0.3 is 0 Å². The summed E-state index contributed by atoms with van der Waals surface area (Å²) in [6.07, 6.45) is 0. The van der Waals surface area contributed by atoms with Crippen molar-refractivity contribution >= 4 is 15.9 Å². The number of benzene rings is 1. The minimum Gasteiger partial charge on any atom is -0.0842 e. The quantitative estimate of drug-likeness (QED) is 0.637. The van der Waals surface area contributed by atoms with Gasteiger partial charge < -0.3 is 0 Å². The molecule has 0 aliphatic rings. The predicted molar refractivity (Wildman–Crippen MR) is 62.5 cm³/mol. The van der Waals surface area contributed by atoms with E-state index in [1.807, 2.05) is 0 Å². The monoisotopic (exact) mass is 240 g/mol. The average Bonchev–Trinajstić information content (AvgIpc) is 2.03. The second-order valence-corrected chi connectivity index (χ2v) is 5.86. The maximum absolute atomic E-state index is 3.58. The third-order valence-corrected chi connectivity index (χ3v) is 2.74. The van der Waals surface area contributed by atoms with Crippen LogP contribution in [0, 0.1) is 0 Å². The predicted octanol–water partition coefficient (Wildman–Crippen LogP) is 4.44. The first-order chi connectivity index (χ1) is 5.91. The summed E-state index contributed by atoms with van der Waals surface area (Å²) < 4.78 is 0. The van der Waals surface area contributed by atoms with Crippen molar-refractivity contribution in [2.75, 3.05) is 0 Å². The summed E-state index contributed by atoms with van der Waals surface area (Å²) in [6.45, 7) is 8.88. The summed E-state index contributed by atoms with van der Waals surface area (Å²) in [4.78, 5) is 0.440. The Balaban J connectivity index is 3.06. The zero-order chi connectivity index (χ0) is 10.1. The van der Waals surface area contributed by atoms with E-state index in [2.05, 4.69) is 67.9 Å². The van der Waals surface area contributed by atoms with Crippen molar-refractivity contribution in [1.29, 1.82) is 0 Å². The van der Waals surface area contributed by atoms with Crippen molar-refractivity contribution in [1.82, 2.24) is 0 Å². The summed E-state index contributed by atoms with van der Waals surface area (Å²) >= 11 is 3.58. The van der Waals surface area contributed by atoms with Crippen LogP contribution >= 0.6 is 15.9 Å². The van der Waals surface area contributed by atoms with Crippen molar-refractivity contribution in [3.63, 3.8) is 0 Å². The van der Waals surface area contributed by atoms with Crippen molar-refractivity contribution in [3.8, 4) is 0 Å². The fourth-order valence-corrected chi connectivity index (χ4v) is 1.54. The smallest absolute Gasteiger partial charge is 0.0367 e. The Hall–Kier alpha value is -0.300. The number of rotatable bonds is 1. The van der Waals surface area contributed by atoms with Gasteiger partial charge in [-0.2, -0.15) is 0 Å². The van der Waals surface area contributed by atoms with Gasteiger partial charge in [0.25, 0.3) is 0 Å². The number of hydrogen-bond donors (Lipinski definition) is 0. The Labute approximate surface area is 89.5 Å². The van der Waals surface area contributed by atoms with Gasteiger partial charge in [-0.15, -0.1) is 0 Å². The highest BCUT2D eigenvalue weighted by atomic mass is 79.9. The standard InChI is InChI=1S/C12H17Br/c1-9(13)10-6-5-7-11(8-10)12(2,3)4/h5-9H,1-4H3. The van der Waals surface area contributed by atoms with E-state index in [1.165, 1.54) is 11.1 Å². The highest BCUT2D eigenvalue weighted by Crippen LogP contribution is 2.27. The molecule has 0 aliphatic heterocycles. The fraction of sp³-hybridized carbons (Fsp3) is 0.500. The number of alkyl halides is 1. The van der Waals surface area contributed by atoms with Crippen LogP contribution in [0.15, 0.2) is 24.3 Å². The number of hydrogen-bond acceptors (Lipinski definition) is 0. The molecule has 0 N–H and O–H groups in total. The largest absolute Gasteiger partial charge is 0.0842 e. The van der Waals surface area contributed by atoms with Crippen molar-refractivity contribution in [2.45, 2.75) is 37.9 Å². The van der Waals surface area contributed by atoms with Crippen molar-refractivity contribution < 1.29 is 0 Å². The normalized spacial score (nSPS) is 14.2. The number of halogens is 1. The van der Waals surface area contributed by atoms with Gasteiger partial charge in [-0.05, 0) is 23.5 Å². The SMILES string of the molecule is CC(Br)c1cccc(C(C)(C)C)c1. The lowest BCUT2D eigenvalue weighted by molar-refractivity contribution is 0.589. The van der Waals surface area contributed by atoms with Crippen LogP contribution in [0.4, 0.5) is 0 Å². The second-order valence-electron chi connectivity index (χ2n) is 4.49. The summed E-state index contributed by atoms with van der Waals surface area (Å²) in [5.74, 6) is 0. The molecule has 0 aromatic heterocycles. The first-order valence-corrected chi connectivity index (χ1v) is 5.57. The molecule has 72 valence electrons. The molecule has 0 amide bonds. The molecule has 1 rings (SSSR count). The molecular weight excluding hydrogens is 224 g/mol. The molecule has 13 heavy (non-hydrogen) atoms. The highest BCUT2D eigenvalue weighted by molar-refractivity contribution is 9.09. The van der Waals surface area contributed by atoms with Gasteiger partial charge in [-0.1, -0.05) is 61.0 Å². The van der Waals surface area contributed by atoms with Gasteiger partial charge in [-0.25, -0.2) is 0 Å². The maximum atomic E-state index is 3.58. The Kier molecular flexibility index (Phi) is 3.18. The molecule has 1 heteroatoms. The van der Waals surface area contributed by atoms with Crippen LogP contribution in [0.5, 0.6) is 0 Å². The third-order valence-electron chi connectivity index (χ3n) is 2.21. The summed E-state index contributed by atoms with van der Waals surface area (Å²) in [5.41, 5.74) is 3.00. The average molecular weight is 241 g/mol. The molecule has 1 atom stereocenters. The van der Waals surface area contributed by atoms with Gasteiger partial charge in [0, 0.05) is 4.83 Å². The topological polar surface area (TPSA) is 0 Å².